The molecule has 124 valence electrons. The van der Waals surface area contributed by atoms with Crippen LogP contribution in [0.4, 0.5) is 0 Å². The molecule has 1 amide bonds. The number of sulfone groups is 1. The summed E-state index contributed by atoms with van der Waals surface area (Å²) in [6, 6.07) is -0.0122. The lowest BCUT2D eigenvalue weighted by Crippen LogP contribution is -2.46. The first-order valence-corrected chi connectivity index (χ1v) is 9.73. The highest BCUT2D eigenvalue weighted by Crippen LogP contribution is 2.15. The third-order valence-corrected chi connectivity index (χ3v) is 6.47. The molecule has 1 N–H and O–H groups in total. The van der Waals surface area contributed by atoms with E-state index in [1.807, 2.05) is 11.8 Å². The van der Waals surface area contributed by atoms with Crippen LogP contribution in [0.2, 0.25) is 0 Å². The number of amides is 1. The lowest BCUT2D eigenvalue weighted by atomic mass is 10.1. The SMILES string of the molecule is C[C@@H](CC(=O)N1CCCCCC1)NCC(C)(C)S(C)(=O)=O. The van der Waals surface area contributed by atoms with E-state index in [2.05, 4.69) is 5.32 Å². The Balaban J connectivity index is 2.42. The molecule has 1 heterocycles. The molecule has 0 aromatic carbocycles. The van der Waals surface area contributed by atoms with E-state index in [-0.39, 0.29) is 11.9 Å². The normalized spacial score (nSPS) is 19.1. The Morgan fingerprint density at radius 1 is 1.19 bits per heavy atom. The van der Waals surface area contributed by atoms with Crippen molar-refractivity contribution >= 4 is 15.7 Å². The van der Waals surface area contributed by atoms with Crippen LogP contribution in [-0.2, 0) is 14.6 Å². The van der Waals surface area contributed by atoms with Crippen molar-refractivity contribution in [3.63, 3.8) is 0 Å². The van der Waals surface area contributed by atoms with Crippen LogP contribution in [0, 0.1) is 0 Å². The average molecular weight is 318 g/mol. The van der Waals surface area contributed by atoms with Gasteiger partial charge in [-0.15, -0.1) is 0 Å². The average Bonchev–Trinajstić information content (AvgIpc) is 2.64. The van der Waals surface area contributed by atoms with Gasteiger partial charge >= 0.3 is 0 Å². The molecule has 6 heteroatoms. The van der Waals surface area contributed by atoms with Gasteiger partial charge in [-0.05, 0) is 33.6 Å². The van der Waals surface area contributed by atoms with Crippen LogP contribution in [0.3, 0.4) is 0 Å². The summed E-state index contributed by atoms with van der Waals surface area (Å²) in [5, 5.41) is 3.19. The molecule has 1 saturated heterocycles. The Kier molecular flexibility index (Phi) is 6.66. The zero-order chi connectivity index (χ0) is 16.1. The van der Waals surface area contributed by atoms with Gasteiger partial charge in [0, 0.05) is 38.4 Å². The van der Waals surface area contributed by atoms with Gasteiger partial charge in [0.25, 0.3) is 0 Å². The standard InChI is InChI=1S/C15H30N2O3S/c1-13(16-12-15(2,3)21(4,19)20)11-14(18)17-9-7-5-6-8-10-17/h13,16H,5-12H2,1-4H3/t13-/m0/s1. The first-order chi connectivity index (χ1) is 9.63. The van der Waals surface area contributed by atoms with Crippen LogP contribution >= 0.6 is 0 Å². The second kappa shape index (κ2) is 7.58. The third-order valence-electron chi connectivity index (χ3n) is 4.32. The number of carbonyl (C=O) groups is 1. The second-order valence-electron chi connectivity index (χ2n) is 6.81. The third kappa shape index (κ3) is 5.94. The molecule has 0 aliphatic carbocycles. The fraction of sp³-hybridized carbons (Fsp3) is 0.933. The van der Waals surface area contributed by atoms with Crippen LogP contribution in [0.5, 0.6) is 0 Å². The van der Waals surface area contributed by atoms with Crippen molar-refractivity contribution < 1.29 is 13.2 Å². The van der Waals surface area contributed by atoms with E-state index in [0.29, 0.717) is 13.0 Å². The van der Waals surface area contributed by atoms with Crippen LogP contribution < -0.4 is 5.32 Å². The molecule has 0 saturated carbocycles. The van der Waals surface area contributed by atoms with Gasteiger partial charge in [0.2, 0.25) is 5.91 Å². The van der Waals surface area contributed by atoms with E-state index in [4.69, 9.17) is 0 Å². The lowest BCUT2D eigenvalue weighted by molar-refractivity contribution is -0.131. The Labute approximate surface area is 129 Å². The Morgan fingerprint density at radius 3 is 2.19 bits per heavy atom. The van der Waals surface area contributed by atoms with Crippen molar-refractivity contribution in [3.8, 4) is 0 Å². The topological polar surface area (TPSA) is 66.5 Å². The molecule has 1 rings (SSSR count). The maximum absolute atomic E-state index is 12.3. The maximum Gasteiger partial charge on any atom is 0.224 e. The van der Waals surface area contributed by atoms with Gasteiger partial charge in [0.15, 0.2) is 9.84 Å². The Bertz CT molecular complexity index is 438. The highest BCUT2D eigenvalue weighted by atomic mass is 32.2. The van der Waals surface area contributed by atoms with Gasteiger partial charge in [0.1, 0.15) is 0 Å². The minimum absolute atomic E-state index is 0.0122. The van der Waals surface area contributed by atoms with Crippen molar-refractivity contribution in [1.29, 1.82) is 0 Å². The zero-order valence-corrected chi connectivity index (χ0v) is 14.6. The van der Waals surface area contributed by atoms with Crippen molar-refractivity contribution in [2.24, 2.45) is 0 Å². The first-order valence-electron chi connectivity index (χ1n) is 7.84. The molecule has 0 unspecified atom stereocenters. The summed E-state index contributed by atoms with van der Waals surface area (Å²) >= 11 is 0. The summed E-state index contributed by atoms with van der Waals surface area (Å²) in [4.78, 5) is 14.2. The summed E-state index contributed by atoms with van der Waals surface area (Å²) in [6.45, 7) is 7.44. The lowest BCUT2D eigenvalue weighted by Gasteiger charge is -2.27. The van der Waals surface area contributed by atoms with E-state index >= 15 is 0 Å². The highest BCUT2D eigenvalue weighted by Gasteiger charge is 2.30. The predicted molar refractivity (Wildman–Crippen MR) is 86.1 cm³/mol. The smallest absolute Gasteiger partial charge is 0.224 e. The number of hydrogen-bond donors (Lipinski definition) is 1. The van der Waals surface area contributed by atoms with Crippen LogP contribution in [0.1, 0.15) is 52.9 Å². The van der Waals surface area contributed by atoms with E-state index < -0.39 is 14.6 Å². The zero-order valence-electron chi connectivity index (χ0n) is 13.8. The molecule has 1 aliphatic heterocycles. The minimum Gasteiger partial charge on any atom is -0.343 e. The van der Waals surface area contributed by atoms with Gasteiger partial charge in [-0.25, -0.2) is 8.42 Å². The molecule has 1 fully saturated rings. The molecule has 0 aromatic rings. The monoisotopic (exact) mass is 318 g/mol. The summed E-state index contributed by atoms with van der Waals surface area (Å²) < 4.78 is 22.5. The molecule has 5 nitrogen and oxygen atoms in total. The second-order valence-corrected chi connectivity index (χ2v) is 9.46. The fourth-order valence-electron chi connectivity index (χ4n) is 2.33. The van der Waals surface area contributed by atoms with E-state index in [1.165, 1.54) is 19.1 Å². The number of nitrogens with zero attached hydrogens (tertiary/aromatic N) is 1. The maximum atomic E-state index is 12.3. The van der Waals surface area contributed by atoms with Gasteiger partial charge in [-0.2, -0.15) is 0 Å². The summed E-state index contributed by atoms with van der Waals surface area (Å²) in [5.41, 5.74) is 0. The van der Waals surface area contributed by atoms with E-state index in [0.717, 1.165) is 25.9 Å². The van der Waals surface area contributed by atoms with Gasteiger partial charge in [-0.1, -0.05) is 12.8 Å². The number of rotatable bonds is 6. The summed E-state index contributed by atoms with van der Waals surface area (Å²) in [7, 11) is -3.11. The van der Waals surface area contributed by atoms with E-state index in [1.54, 1.807) is 13.8 Å². The number of hydrogen-bond acceptors (Lipinski definition) is 4. The van der Waals surface area contributed by atoms with E-state index in [9.17, 15) is 13.2 Å². The molecule has 0 spiro atoms. The number of carbonyl (C=O) groups excluding carboxylic acids is 1. The van der Waals surface area contributed by atoms with Gasteiger partial charge < -0.3 is 10.2 Å². The highest BCUT2D eigenvalue weighted by molar-refractivity contribution is 7.92. The molecular formula is C15H30N2O3S. The first kappa shape index (κ1) is 18.4. The molecule has 0 bridgehead atoms. The van der Waals surface area contributed by atoms with Gasteiger partial charge in [-0.3, -0.25) is 4.79 Å². The van der Waals surface area contributed by atoms with Gasteiger partial charge in [0.05, 0.1) is 4.75 Å². The number of likely N-dealkylation sites (tertiary alicyclic amines) is 1. The predicted octanol–water partition coefficient (Wildman–Crippen LogP) is 1.58. The Hall–Kier alpha value is -0.620. The summed E-state index contributed by atoms with van der Waals surface area (Å²) in [5.74, 6) is 0.175. The van der Waals surface area contributed by atoms with Crippen LogP contribution in [-0.4, -0.2) is 55.9 Å². The number of nitrogens with one attached hydrogen (secondary N) is 1. The molecule has 21 heavy (non-hydrogen) atoms. The molecule has 0 radical (unpaired) electrons. The fourth-order valence-corrected chi connectivity index (χ4v) is 2.68. The van der Waals surface area contributed by atoms with Crippen molar-refractivity contribution in [2.75, 3.05) is 25.9 Å². The molecular weight excluding hydrogens is 288 g/mol. The summed E-state index contributed by atoms with van der Waals surface area (Å²) in [6.07, 6.45) is 6.28. The van der Waals surface area contributed by atoms with Crippen molar-refractivity contribution in [3.05, 3.63) is 0 Å². The minimum atomic E-state index is -3.11. The quantitative estimate of drug-likeness (QED) is 0.807. The molecule has 1 aliphatic rings. The van der Waals surface area contributed by atoms with Crippen LogP contribution in [0.25, 0.3) is 0 Å². The van der Waals surface area contributed by atoms with Crippen LogP contribution in [0.15, 0.2) is 0 Å². The Morgan fingerprint density at radius 2 is 1.71 bits per heavy atom. The molecule has 0 aromatic heterocycles. The molecule has 1 atom stereocenters. The van der Waals surface area contributed by atoms with Crippen molar-refractivity contribution in [2.45, 2.75) is 63.7 Å². The largest absolute Gasteiger partial charge is 0.343 e. The van der Waals surface area contributed by atoms with Crippen molar-refractivity contribution in [1.82, 2.24) is 10.2 Å².